The molecule has 9 heteroatoms. The van der Waals surface area contributed by atoms with Crippen molar-refractivity contribution in [2.24, 2.45) is 0 Å². The van der Waals surface area contributed by atoms with Gasteiger partial charge in [-0.25, -0.2) is 0 Å². The molecule has 1 atom stereocenters. The lowest BCUT2D eigenvalue weighted by Crippen LogP contribution is -2.34. The molecule has 1 aliphatic rings. The van der Waals surface area contributed by atoms with Gasteiger partial charge in [0.15, 0.2) is 0 Å². The van der Waals surface area contributed by atoms with Crippen LogP contribution in [0, 0.1) is 0 Å². The summed E-state index contributed by atoms with van der Waals surface area (Å²) in [5, 5.41) is 11.9. The Hall–Kier alpha value is -3.23. The van der Waals surface area contributed by atoms with Crippen molar-refractivity contribution in [2.45, 2.75) is 29.4 Å². The number of halogens is 1. The van der Waals surface area contributed by atoms with E-state index in [1.165, 1.54) is 11.8 Å². The molecule has 0 aliphatic carbocycles. The number of para-hydroxylation sites is 1. The minimum absolute atomic E-state index is 0.0263. The second kappa shape index (κ2) is 9.50. The third-order valence-electron chi connectivity index (χ3n) is 5.01. The van der Waals surface area contributed by atoms with Crippen molar-refractivity contribution in [3.63, 3.8) is 0 Å². The number of hydrogen-bond donors (Lipinski definition) is 3. The monoisotopic (exact) mass is 469 g/mol. The molecule has 3 aromatic rings. The molecular weight excluding hydrogens is 450 g/mol. The van der Waals surface area contributed by atoms with Gasteiger partial charge in [-0.3, -0.25) is 24.5 Å². The van der Waals surface area contributed by atoms with Crippen LogP contribution < -0.4 is 10.7 Å². The molecule has 0 saturated heterocycles. The van der Waals surface area contributed by atoms with Crippen LogP contribution in [0.4, 0.5) is 5.69 Å². The number of anilines is 1. The number of thioether (sulfide) groups is 1. The normalized spacial score (nSPS) is 15.0. The first-order chi connectivity index (χ1) is 15.4. The lowest BCUT2D eigenvalue weighted by Gasteiger charge is -2.24. The van der Waals surface area contributed by atoms with E-state index in [4.69, 9.17) is 16.7 Å². The first-order valence-corrected chi connectivity index (χ1v) is 11.2. The van der Waals surface area contributed by atoms with Gasteiger partial charge < -0.3 is 10.4 Å². The largest absolute Gasteiger partial charge is 0.481 e. The first-order valence-electron chi connectivity index (χ1n) is 9.95. The maximum Gasteiger partial charge on any atom is 0.303 e. The summed E-state index contributed by atoms with van der Waals surface area (Å²) in [4.78, 5) is 37.3. The highest BCUT2D eigenvalue weighted by Crippen LogP contribution is 2.36. The number of carboxylic acid groups (broad SMARTS) is 1. The van der Waals surface area contributed by atoms with Crippen LogP contribution in [0.25, 0.3) is 11.3 Å². The van der Waals surface area contributed by atoms with E-state index in [2.05, 4.69) is 10.7 Å². The van der Waals surface area contributed by atoms with Gasteiger partial charge in [-0.1, -0.05) is 35.9 Å². The summed E-state index contributed by atoms with van der Waals surface area (Å²) in [6.45, 7) is 0. The molecule has 164 valence electrons. The fraction of sp³-hybridized carbons (Fsp3) is 0.174. The van der Waals surface area contributed by atoms with Gasteiger partial charge in [0.25, 0.3) is 0 Å². The van der Waals surface area contributed by atoms with Crippen molar-refractivity contribution >= 4 is 46.8 Å². The molecule has 0 saturated carbocycles. The number of rotatable bonds is 7. The van der Waals surface area contributed by atoms with Crippen molar-refractivity contribution in [2.75, 3.05) is 10.7 Å². The van der Waals surface area contributed by atoms with Crippen LogP contribution in [0.3, 0.4) is 0 Å². The quantitative estimate of drug-likeness (QED) is 0.476. The summed E-state index contributed by atoms with van der Waals surface area (Å²) in [5.41, 5.74) is 5.75. The van der Waals surface area contributed by atoms with Crippen LogP contribution in [-0.4, -0.2) is 32.8 Å². The molecule has 7 nitrogen and oxygen atoms in total. The van der Waals surface area contributed by atoms with Crippen molar-refractivity contribution in [3.05, 3.63) is 71.4 Å². The van der Waals surface area contributed by atoms with Crippen LogP contribution >= 0.6 is 23.4 Å². The Kier molecular flexibility index (Phi) is 6.53. The van der Waals surface area contributed by atoms with E-state index in [0.717, 1.165) is 16.1 Å². The van der Waals surface area contributed by atoms with Crippen molar-refractivity contribution in [3.8, 4) is 11.3 Å². The number of benzene rings is 2. The molecule has 0 radical (unpaired) electrons. The fourth-order valence-corrected chi connectivity index (χ4v) is 4.69. The predicted molar refractivity (Wildman–Crippen MR) is 125 cm³/mol. The Morgan fingerprint density at radius 2 is 1.84 bits per heavy atom. The smallest absolute Gasteiger partial charge is 0.303 e. The minimum atomic E-state index is -0.925. The second-order valence-electron chi connectivity index (χ2n) is 7.28. The summed E-state index contributed by atoms with van der Waals surface area (Å²) >= 11 is 7.34. The van der Waals surface area contributed by atoms with Gasteiger partial charge in [-0.2, -0.15) is 0 Å². The third-order valence-corrected chi connectivity index (χ3v) is 6.54. The van der Waals surface area contributed by atoms with E-state index in [0.29, 0.717) is 16.4 Å². The van der Waals surface area contributed by atoms with Gasteiger partial charge in [0.05, 0.1) is 23.1 Å². The standard InChI is InChI=1S/C23H20ClN3O4S/c24-15-7-5-14(6-8-15)18-11-9-16(10-12-22(29)30)27(18)26-21(28)13-20-23(31)25-17-3-1-2-4-19(17)32-20/h1-9,11,20H,10,12-13H2,(H,25,31)(H,26,28)(H,29,30)/t20-/m0/s1. The molecular formula is C23H20ClN3O4S. The minimum Gasteiger partial charge on any atom is -0.481 e. The highest BCUT2D eigenvalue weighted by molar-refractivity contribution is 8.01. The highest BCUT2D eigenvalue weighted by Gasteiger charge is 2.29. The van der Waals surface area contributed by atoms with Crippen molar-refractivity contribution in [1.82, 2.24) is 4.68 Å². The van der Waals surface area contributed by atoms with Gasteiger partial charge in [-0.15, -0.1) is 11.8 Å². The molecule has 2 heterocycles. The number of nitrogens with zero attached hydrogens (tertiary/aromatic N) is 1. The zero-order valence-corrected chi connectivity index (χ0v) is 18.4. The second-order valence-corrected chi connectivity index (χ2v) is 8.96. The summed E-state index contributed by atoms with van der Waals surface area (Å²) in [7, 11) is 0. The van der Waals surface area contributed by atoms with Gasteiger partial charge in [0.2, 0.25) is 11.8 Å². The van der Waals surface area contributed by atoms with Gasteiger partial charge in [-0.05, 0) is 36.4 Å². The average molecular weight is 470 g/mol. The topological polar surface area (TPSA) is 100 Å². The molecule has 32 heavy (non-hydrogen) atoms. The molecule has 0 unspecified atom stereocenters. The van der Waals surface area contributed by atoms with E-state index < -0.39 is 11.2 Å². The molecule has 0 fully saturated rings. The number of amides is 2. The Morgan fingerprint density at radius 1 is 1.09 bits per heavy atom. The van der Waals surface area contributed by atoms with Crippen molar-refractivity contribution in [1.29, 1.82) is 0 Å². The Morgan fingerprint density at radius 3 is 2.59 bits per heavy atom. The average Bonchev–Trinajstić information content (AvgIpc) is 3.15. The number of fused-ring (bicyclic) bond motifs is 1. The van der Waals surface area contributed by atoms with Gasteiger partial charge >= 0.3 is 5.97 Å². The summed E-state index contributed by atoms with van der Waals surface area (Å²) in [6.07, 6.45) is 0.147. The third kappa shape index (κ3) is 4.98. The molecule has 2 amide bonds. The molecule has 0 spiro atoms. The zero-order valence-electron chi connectivity index (χ0n) is 16.9. The zero-order chi connectivity index (χ0) is 22.7. The number of aromatic nitrogens is 1. The lowest BCUT2D eigenvalue weighted by atomic mass is 10.1. The van der Waals surface area contributed by atoms with E-state index in [1.54, 1.807) is 22.9 Å². The van der Waals surface area contributed by atoms with E-state index >= 15 is 0 Å². The SMILES string of the molecule is O=C(O)CCc1ccc(-c2ccc(Cl)cc2)n1NC(=O)C[C@@H]1Sc2ccccc2NC1=O. The maximum absolute atomic E-state index is 12.9. The molecule has 2 aromatic carbocycles. The predicted octanol–water partition coefficient (Wildman–Crippen LogP) is 4.40. The number of aliphatic carboxylic acids is 1. The molecule has 1 aromatic heterocycles. The number of aryl methyl sites for hydroxylation is 1. The highest BCUT2D eigenvalue weighted by atomic mass is 35.5. The number of carbonyl (C=O) groups excluding carboxylic acids is 2. The summed E-state index contributed by atoms with van der Waals surface area (Å²) in [6, 6.07) is 18.2. The van der Waals surface area contributed by atoms with Crippen LogP contribution in [-0.2, 0) is 20.8 Å². The maximum atomic E-state index is 12.9. The Balaban J connectivity index is 1.54. The van der Waals surface area contributed by atoms with Gasteiger partial charge in [0, 0.05) is 34.0 Å². The lowest BCUT2D eigenvalue weighted by molar-refractivity contribution is -0.137. The van der Waals surface area contributed by atoms with Crippen LogP contribution in [0.5, 0.6) is 0 Å². The number of hydrogen-bond acceptors (Lipinski definition) is 4. The number of nitrogens with one attached hydrogen (secondary N) is 2. The number of carboxylic acids is 1. The van der Waals surface area contributed by atoms with E-state index in [1.807, 2.05) is 42.5 Å². The molecule has 3 N–H and O–H groups in total. The summed E-state index contributed by atoms with van der Waals surface area (Å²) in [5.74, 6) is -1.49. The molecule has 1 aliphatic heterocycles. The Bertz CT molecular complexity index is 1180. The van der Waals surface area contributed by atoms with Gasteiger partial charge in [0.1, 0.15) is 0 Å². The molecule has 0 bridgehead atoms. The summed E-state index contributed by atoms with van der Waals surface area (Å²) < 4.78 is 1.59. The fourth-order valence-electron chi connectivity index (χ4n) is 3.45. The van der Waals surface area contributed by atoms with Crippen LogP contribution in [0.2, 0.25) is 5.02 Å². The first kappa shape index (κ1) is 22.0. The van der Waals surface area contributed by atoms with Crippen LogP contribution in [0.15, 0.2) is 65.6 Å². The van der Waals surface area contributed by atoms with E-state index in [-0.39, 0.29) is 31.1 Å². The van der Waals surface area contributed by atoms with Crippen LogP contribution in [0.1, 0.15) is 18.5 Å². The number of carbonyl (C=O) groups is 3. The van der Waals surface area contributed by atoms with Crippen molar-refractivity contribution < 1.29 is 19.5 Å². The molecule has 4 rings (SSSR count). The Labute approximate surface area is 193 Å². The van der Waals surface area contributed by atoms with E-state index in [9.17, 15) is 14.4 Å².